The van der Waals surface area contributed by atoms with Gasteiger partial charge in [-0.25, -0.2) is 12.8 Å². The minimum atomic E-state index is -4.26. The Morgan fingerprint density at radius 1 is 1.15 bits per heavy atom. The van der Waals surface area contributed by atoms with Crippen molar-refractivity contribution in [3.05, 3.63) is 30.1 Å². The standard InChI is InChI=1S/C22H30FN3O7S/c1-33-14-19(27)25-11-12-26(34(31,32)17-9-7-16(23)8-10-17)22(25)21(30)24-18(13-20(28)29)15-5-3-2-4-6-15/h7-10,15,18,22H,2-6,11-14H2,1H3,(H,24,30)(H,28,29). The van der Waals surface area contributed by atoms with Gasteiger partial charge < -0.3 is 20.1 Å². The molecule has 1 aliphatic heterocycles. The predicted molar refractivity (Wildman–Crippen MR) is 118 cm³/mol. The summed E-state index contributed by atoms with van der Waals surface area (Å²) in [5, 5.41) is 12.1. The number of hydrogen-bond acceptors (Lipinski definition) is 6. The lowest BCUT2D eigenvalue weighted by atomic mass is 9.82. The second-order valence-electron chi connectivity index (χ2n) is 8.57. The van der Waals surface area contributed by atoms with Crippen molar-refractivity contribution in [1.29, 1.82) is 0 Å². The van der Waals surface area contributed by atoms with Gasteiger partial charge in [-0.15, -0.1) is 0 Å². The van der Waals surface area contributed by atoms with Crippen LogP contribution in [-0.2, 0) is 29.1 Å². The van der Waals surface area contributed by atoms with E-state index in [1.54, 1.807) is 0 Å². The first kappa shape index (κ1) is 26.0. The van der Waals surface area contributed by atoms with Crippen LogP contribution >= 0.6 is 0 Å². The summed E-state index contributed by atoms with van der Waals surface area (Å²) in [5.41, 5.74) is 0. The van der Waals surface area contributed by atoms with E-state index in [-0.39, 0.29) is 36.9 Å². The molecule has 10 nitrogen and oxygen atoms in total. The van der Waals surface area contributed by atoms with Crippen molar-refractivity contribution in [2.45, 2.75) is 55.6 Å². The Bertz CT molecular complexity index is 996. The molecule has 1 saturated heterocycles. The summed E-state index contributed by atoms with van der Waals surface area (Å²) < 4.78 is 45.7. The van der Waals surface area contributed by atoms with Crippen molar-refractivity contribution in [3.63, 3.8) is 0 Å². The third-order valence-electron chi connectivity index (χ3n) is 6.31. The highest BCUT2D eigenvalue weighted by atomic mass is 32.2. The Hall–Kier alpha value is -2.57. The number of ether oxygens (including phenoxy) is 1. The first-order chi connectivity index (χ1) is 16.1. The zero-order chi connectivity index (χ0) is 24.9. The van der Waals surface area contributed by atoms with Crippen molar-refractivity contribution in [1.82, 2.24) is 14.5 Å². The van der Waals surface area contributed by atoms with E-state index in [1.165, 1.54) is 7.11 Å². The predicted octanol–water partition coefficient (Wildman–Crippen LogP) is 1.17. The number of carboxylic acids is 1. The molecule has 34 heavy (non-hydrogen) atoms. The Labute approximate surface area is 198 Å². The lowest BCUT2D eigenvalue weighted by molar-refractivity contribution is -0.144. The Morgan fingerprint density at radius 3 is 2.38 bits per heavy atom. The summed E-state index contributed by atoms with van der Waals surface area (Å²) in [4.78, 5) is 38.4. The van der Waals surface area contributed by atoms with Crippen LogP contribution in [0.25, 0.3) is 0 Å². The number of amides is 2. The third-order valence-corrected chi connectivity index (χ3v) is 8.18. The molecule has 0 spiro atoms. The van der Waals surface area contributed by atoms with Crippen molar-refractivity contribution in [2.24, 2.45) is 5.92 Å². The maximum absolute atomic E-state index is 13.4. The van der Waals surface area contributed by atoms with E-state index in [4.69, 9.17) is 4.74 Å². The Balaban J connectivity index is 1.91. The van der Waals surface area contributed by atoms with E-state index < -0.39 is 45.8 Å². The van der Waals surface area contributed by atoms with Gasteiger partial charge in [0.15, 0.2) is 6.17 Å². The van der Waals surface area contributed by atoms with Crippen LogP contribution in [0.5, 0.6) is 0 Å². The monoisotopic (exact) mass is 499 g/mol. The van der Waals surface area contributed by atoms with Gasteiger partial charge in [-0.3, -0.25) is 14.4 Å². The van der Waals surface area contributed by atoms with Crippen molar-refractivity contribution in [2.75, 3.05) is 26.8 Å². The highest BCUT2D eigenvalue weighted by Crippen LogP contribution is 2.29. The van der Waals surface area contributed by atoms with Crippen LogP contribution in [-0.4, -0.2) is 79.5 Å². The smallest absolute Gasteiger partial charge is 0.305 e. The van der Waals surface area contributed by atoms with Gasteiger partial charge in [-0.2, -0.15) is 4.31 Å². The highest BCUT2D eigenvalue weighted by molar-refractivity contribution is 7.89. The number of nitrogens with one attached hydrogen (secondary N) is 1. The van der Waals surface area contributed by atoms with Gasteiger partial charge in [0, 0.05) is 26.2 Å². The van der Waals surface area contributed by atoms with Crippen LogP contribution in [0.2, 0.25) is 0 Å². The summed E-state index contributed by atoms with van der Waals surface area (Å²) in [7, 11) is -2.95. The fraction of sp³-hybridized carbons (Fsp3) is 0.591. The number of rotatable bonds is 9. The van der Waals surface area contributed by atoms with Crippen LogP contribution < -0.4 is 5.32 Å². The van der Waals surface area contributed by atoms with Crippen LogP contribution in [0.3, 0.4) is 0 Å². The minimum Gasteiger partial charge on any atom is -0.481 e. The molecular weight excluding hydrogens is 469 g/mol. The number of carbonyl (C=O) groups is 3. The second-order valence-corrected chi connectivity index (χ2v) is 10.5. The number of nitrogens with zero attached hydrogens (tertiary/aromatic N) is 2. The quantitative estimate of drug-likeness (QED) is 0.521. The van der Waals surface area contributed by atoms with Crippen molar-refractivity contribution >= 4 is 27.8 Å². The van der Waals surface area contributed by atoms with Gasteiger partial charge in [-0.1, -0.05) is 19.3 Å². The van der Waals surface area contributed by atoms with Gasteiger partial charge >= 0.3 is 5.97 Å². The molecule has 1 aromatic carbocycles. The molecule has 2 fully saturated rings. The van der Waals surface area contributed by atoms with Gasteiger partial charge in [0.25, 0.3) is 5.91 Å². The normalized spacial score (nSPS) is 20.8. The molecule has 188 valence electrons. The first-order valence-corrected chi connectivity index (χ1v) is 12.7. The SMILES string of the molecule is COCC(=O)N1CCN(S(=O)(=O)c2ccc(F)cc2)C1C(=O)NC(CC(=O)O)C1CCCCC1. The zero-order valence-electron chi connectivity index (χ0n) is 19.0. The maximum Gasteiger partial charge on any atom is 0.305 e. The molecular formula is C22H30FN3O7S. The average molecular weight is 500 g/mol. The molecule has 3 rings (SSSR count). The fourth-order valence-electron chi connectivity index (χ4n) is 4.66. The van der Waals surface area contributed by atoms with Crippen molar-refractivity contribution < 1.29 is 37.0 Å². The van der Waals surface area contributed by atoms with Crippen LogP contribution in [0.4, 0.5) is 4.39 Å². The summed E-state index contributed by atoms with van der Waals surface area (Å²) in [6, 6.07) is 3.49. The number of carboxylic acid groups (broad SMARTS) is 1. The molecule has 2 atom stereocenters. The number of carbonyl (C=O) groups excluding carboxylic acids is 2. The number of benzene rings is 1. The summed E-state index contributed by atoms with van der Waals surface area (Å²) in [5.74, 6) is -3.10. The number of hydrogen-bond donors (Lipinski definition) is 2. The van der Waals surface area contributed by atoms with Gasteiger partial charge in [0.2, 0.25) is 15.9 Å². The molecule has 1 aliphatic carbocycles. The molecule has 12 heteroatoms. The summed E-state index contributed by atoms with van der Waals surface area (Å²) in [6.07, 6.45) is 2.57. The maximum atomic E-state index is 13.4. The largest absolute Gasteiger partial charge is 0.481 e. The fourth-order valence-corrected chi connectivity index (χ4v) is 6.20. The van der Waals surface area contributed by atoms with E-state index in [0.29, 0.717) is 0 Å². The average Bonchev–Trinajstić information content (AvgIpc) is 3.26. The number of aliphatic carboxylic acids is 1. The van der Waals surface area contributed by atoms with Crippen LogP contribution in [0, 0.1) is 11.7 Å². The molecule has 1 heterocycles. The topological polar surface area (TPSA) is 133 Å². The van der Waals surface area contributed by atoms with Crippen molar-refractivity contribution in [3.8, 4) is 0 Å². The second kappa shape index (κ2) is 11.2. The van der Waals surface area contributed by atoms with E-state index in [2.05, 4.69) is 5.32 Å². The van der Waals surface area contributed by atoms with E-state index >= 15 is 0 Å². The number of methoxy groups -OCH3 is 1. The van der Waals surface area contributed by atoms with E-state index in [0.717, 1.165) is 65.6 Å². The number of sulfonamides is 1. The molecule has 0 radical (unpaired) electrons. The molecule has 1 aromatic rings. The van der Waals surface area contributed by atoms with E-state index in [9.17, 15) is 32.3 Å². The van der Waals surface area contributed by atoms with Gasteiger partial charge in [0.1, 0.15) is 12.4 Å². The molecule has 1 saturated carbocycles. The summed E-state index contributed by atoms with van der Waals surface area (Å²) >= 11 is 0. The summed E-state index contributed by atoms with van der Waals surface area (Å²) in [6.45, 7) is -0.552. The lowest BCUT2D eigenvalue weighted by Crippen LogP contribution is -2.57. The molecule has 2 unspecified atom stereocenters. The lowest BCUT2D eigenvalue weighted by Gasteiger charge is -2.34. The molecule has 0 aromatic heterocycles. The molecule has 2 aliphatic rings. The zero-order valence-corrected chi connectivity index (χ0v) is 19.8. The molecule has 2 N–H and O–H groups in total. The van der Waals surface area contributed by atoms with Crippen LogP contribution in [0.1, 0.15) is 38.5 Å². The van der Waals surface area contributed by atoms with E-state index in [1.807, 2.05) is 0 Å². The number of halogens is 1. The third kappa shape index (κ3) is 5.91. The highest BCUT2D eigenvalue weighted by Gasteiger charge is 2.47. The minimum absolute atomic E-state index is 0.0479. The Morgan fingerprint density at radius 2 is 1.79 bits per heavy atom. The first-order valence-electron chi connectivity index (χ1n) is 11.2. The van der Waals surface area contributed by atoms with Gasteiger partial charge in [-0.05, 0) is 43.0 Å². The van der Waals surface area contributed by atoms with Crippen LogP contribution in [0.15, 0.2) is 29.2 Å². The Kier molecular flexibility index (Phi) is 8.61. The van der Waals surface area contributed by atoms with Gasteiger partial charge in [0.05, 0.1) is 11.3 Å². The molecule has 2 amide bonds. The molecule has 0 bridgehead atoms.